The number of carbonyl (C=O) groups excluding carboxylic acids is 2. The zero-order valence-corrected chi connectivity index (χ0v) is 8.32. The van der Waals surface area contributed by atoms with E-state index in [4.69, 9.17) is 4.74 Å². The fourth-order valence-corrected chi connectivity index (χ4v) is 1.69. The number of rotatable bonds is 4. The molecule has 0 aromatic rings. The number of esters is 1. The molecule has 1 fully saturated rings. The van der Waals surface area contributed by atoms with E-state index in [2.05, 4.69) is 4.74 Å². The second kappa shape index (κ2) is 5.62. The summed E-state index contributed by atoms with van der Waals surface area (Å²) in [7, 11) is 0. The van der Waals surface area contributed by atoms with E-state index < -0.39 is 6.29 Å². The van der Waals surface area contributed by atoms with E-state index in [1.54, 1.807) is 0 Å². The van der Waals surface area contributed by atoms with Gasteiger partial charge in [0, 0.05) is 6.92 Å². The topological polar surface area (TPSA) is 52.6 Å². The molecule has 14 heavy (non-hydrogen) atoms. The standard InChI is InChI=1S/C10H15O4/c1-8(13-7-11)14-10(12)9-5-3-2-4-6-9/h8-9H,2-6H2,1H3. The smallest absolute Gasteiger partial charge is 0.420 e. The van der Waals surface area contributed by atoms with Gasteiger partial charge in [0.2, 0.25) is 6.29 Å². The molecule has 1 atom stereocenters. The van der Waals surface area contributed by atoms with E-state index in [1.807, 2.05) is 0 Å². The maximum absolute atomic E-state index is 11.5. The zero-order chi connectivity index (χ0) is 10.4. The summed E-state index contributed by atoms with van der Waals surface area (Å²) in [4.78, 5) is 21.3. The Balaban J connectivity index is 2.28. The zero-order valence-electron chi connectivity index (χ0n) is 8.32. The van der Waals surface area contributed by atoms with Crippen LogP contribution in [0.25, 0.3) is 0 Å². The van der Waals surface area contributed by atoms with E-state index in [0.29, 0.717) is 0 Å². The van der Waals surface area contributed by atoms with Crippen molar-refractivity contribution < 1.29 is 19.1 Å². The quantitative estimate of drug-likeness (QED) is 0.509. The van der Waals surface area contributed by atoms with Crippen molar-refractivity contribution in [1.29, 1.82) is 0 Å². The van der Waals surface area contributed by atoms with Crippen LogP contribution in [0.4, 0.5) is 0 Å². The average molecular weight is 199 g/mol. The van der Waals surface area contributed by atoms with Crippen molar-refractivity contribution >= 4 is 12.4 Å². The highest BCUT2D eigenvalue weighted by atomic mass is 16.7. The summed E-state index contributed by atoms with van der Waals surface area (Å²) in [6.07, 6.45) is 4.30. The summed E-state index contributed by atoms with van der Waals surface area (Å²) < 4.78 is 9.26. The highest BCUT2D eigenvalue weighted by Crippen LogP contribution is 2.24. The first-order chi connectivity index (χ1) is 6.74. The third-order valence-corrected chi connectivity index (χ3v) is 2.43. The van der Waals surface area contributed by atoms with Crippen LogP contribution in [-0.2, 0) is 19.1 Å². The molecule has 1 aliphatic carbocycles. The highest BCUT2D eigenvalue weighted by molar-refractivity contribution is 5.72. The first-order valence-corrected chi connectivity index (χ1v) is 4.97. The molecule has 1 rings (SSSR count). The lowest BCUT2D eigenvalue weighted by molar-refractivity contribution is -0.168. The number of hydrogen-bond donors (Lipinski definition) is 0. The highest BCUT2D eigenvalue weighted by Gasteiger charge is 2.24. The third kappa shape index (κ3) is 3.36. The first-order valence-electron chi connectivity index (χ1n) is 4.97. The lowest BCUT2D eigenvalue weighted by Crippen LogP contribution is -2.25. The summed E-state index contributed by atoms with van der Waals surface area (Å²) in [5, 5.41) is 0. The third-order valence-electron chi connectivity index (χ3n) is 2.43. The van der Waals surface area contributed by atoms with E-state index in [1.165, 1.54) is 19.8 Å². The predicted octanol–water partition coefficient (Wildman–Crippen LogP) is 1.54. The van der Waals surface area contributed by atoms with Crippen LogP contribution >= 0.6 is 0 Å². The van der Waals surface area contributed by atoms with E-state index in [-0.39, 0.29) is 11.9 Å². The van der Waals surface area contributed by atoms with E-state index in [9.17, 15) is 9.59 Å². The summed E-state index contributed by atoms with van der Waals surface area (Å²) in [5.74, 6) is -0.270. The minimum Gasteiger partial charge on any atom is -0.425 e. The minimum absolute atomic E-state index is 0.0125. The Kier molecular flexibility index (Phi) is 4.43. The van der Waals surface area contributed by atoms with Gasteiger partial charge in [-0.1, -0.05) is 19.3 Å². The average Bonchev–Trinajstić information content (AvgIpc) is 2.19. The molecule has 4 heteroatoms. The first kappa shape index (κ1) is 11.0. The molecule has 0 aromatic carbocycles. The van der Waals surface area contributed by atoms with Crippen LogP contribution in [0.1, 0.15) is 39.0 Å². The number of hydrogen-bond acceptors (Lipinski definition) is 4. The van der Waals surface area contributed by atoms with Crippen molar-refractivity contribution in [3.63, 3.8) is 0 Å². The summed E-state index contributed by atoms with van der Waals surface area (Å²) in [6.45, 7) is 2.75. The molecule has 0 heterocycles. The lowest BCUT2D eigenvalue weighted by atomic mass is 9.89. The molecule has 1 radical (unpaired) electrons. The molecule has 0 aliphatic heterocycles. The van der Waals surface area contributed by atoms with Gasteiger partial charge in [0.05, 0.1) is 5.92 Å². The van der Waals surface area contributed by atoms with Gasteiger partial charge in [-0.3, -0.25) is 4.79 Å². The van der Waals surface area contributed by atoms with Crippen molar-refractivity contribution in [3.05, 3.63) is 0 Å². The monoisotopic (exact) mass is 199 g/mol. The molecule has 79 valence electrons. The molecule has 0 amide bonds. The van der Waals surface area contributed by atoms with Crippen LogP contribution < -0.4 is 0 Å². The van der Waals surface area contributed by atoms with Gasteiger partial charge in [0.1, 0.15) is 0 Å². The van der Waals surface area contributed by atoms with Crippen molar-refractivity contribution in [3.8, 4) is 0 Å². The van der Waals surface area contributed by atoms with Crippen LogP contribution in [0.15, 0.2) is 0 Å². The fraction of sp³-hybridized carbons (Fsp3) is 0.800. The van der Waals surface area contributed by atoms with E-state index >= 15 is 0 Å². The Labute approximate surface area is 83.6 Å². The SMILES string of the molecule is CC(O[C]=O)OC(=O)C1CCCCC1. The molecule has 0 N–H and O–H groups in total. The normalized spacial score (nSPS) is 19.8. The van der Waals surface area contributed by atoms with Gasteiger partial charge < -0.3 is 9.47 Å². The molecular weight excluding hydrogens is 184 g/mol. The Morgan fingerprint density at radius 1 is 1.36 bits per heavy atom. The van der Waals surface area contributed by atoms with E-state index in [0.717, 1.165) is 25.7 Å². The Hall–Kier alpha value is -1.06. The molecule has 0 aromatic heterocycles. The molecule has 1 aliphatic rings. The van der Waals surface area contributed by atoms with Gasteiger partial charge in [0.15, 0.2) is 0 Å². The van der Waals surface area contributed by atoms with Crippen molar-refractivity contribution in [2.75, 3.05) is 0 Å². The molecule has 1 saturated carbocycles. The summed E-state index contributed by atoms with van der Waals surface area (Å²) in [5.41, 5.74) is 0. The van der Waals surface area contributed by atoms with Gasteiger partial charge >= 0.3 is 12.4 Å². The summed E-state index contributed by atoms with van der Waals surface area (Å²) >= 11 is 0. The Bertz CT molecular complexity index is 196. The van der Waals surface area contributed by atoms with Crippen LogP contribution in [0.3, 0.4) is 0 Å². The Morgan fingerprint density at radius 3 is 2.57 bits per heavy atom. The molecule has 0 spiro atoms. The molecule has 4 nitrogen and oxygen atoms in total. The maximum atomic E-state index is 11.5. The van der Waals surface area contributed by atoms with Crippen molar-refractivity contribution in [2.45, 2.75) is 45.3 Å². The van der Waals surface area contributed by atoms with Crippen molar-refractivity contribution in [1.82, 2.24) is 0 Å². The largest absolute Gasteiger partial charge is 0.425 e. The van der Waals surface area contributed by atoms with Crippen LogP contribution in [0.5, 0.6) is 0 Å². The maximum Gasteiger partial charge on any atom is 0.420 e. The van der Waals surface area contributed by atoms with Gasteiger partial charge in [-0.25, -0.2) is 4.79 Å². The second-order valence-electron chi connectivity index (χ2n) is 3.54. The van der Waals surface area contributed by atoms with Gasteiger partial charge in [-0.2, -0.15) is 0 Å². The minimum atomic E-state index is -0.818. The molecular formula is C10H15O4. The molecule has 1 unspecified atom stereocenters. The molecule has 0 bridgehead atoms. The lowest BCUT2D eigenvalue weighted by Gasteiger charge is -2.21. The van der Waals surface area contributed by atoms with Crippen LogP contribution in [-0.4, -0.2) is 18.7 Å². The number of carbonyl (C=O) groups is 1. The predicted molar refractivity (Wildman–Crippen MR) is 48.9 cm³/mol. The second-order valence-corrected chi connectivity index (χ2v) is 3.54. The van der Waals surface area contributed by atoms with Crippen molar-refractivity contribution in [2.24, 2.45) is 5.92 Å². The van der Waals surface area contributed by atoms with Crippen LogP contribution in [0.2, 0.25) is 0 Å². The van der Waals surface area contributed by atoms with Gasteiger partial charge in [0.25, 0.3) is 0 Å². The van der Waals surface area contributed by atoms with Gasteiger partial charge in [-0.15, -0.1) is 0 Å². The number of ether oxygens (including phenoxy) is 2. The summed E-state index contributed by atoms with van der Waals surface area (Å²) in [6, 6.07) is 0. The van der Waals surface area contributed by atoms with Gasteiger partial charge in [-0.05, 0) is 12.8 Å². The molecule has 0 saturated heterocycles. The van der Waals surface area contributed by atoms with Crippen LogP contribution in [0, 0.1) is 5.92 Å². The fourth-order valence-electron chi connectivity index (χ4n) is 1.69. The Morgan fingerprint density at radius 2 is 2.00 bits per heavy atom.